The molecule has 8 rings (SSSR count). The van der Waals surface area contributed by atoms with Gasteiger partial charge in [-0.3, -0.25) is 4.90 Å². The number of alkyl halides is 1. The first kappa shape index (κ1) is 30.1. The number of anilines is 1. The monoisotopic (exact) mass is 640 g/mol. The Morgan fingerprint density at radius 3 is 2.91 bits per heavy atom. The van der Waals surface area contributed by atoms with Crippen molar-refractivity contribution in [1.29, 1.82) is 0 Å². The van der Waals surface area contributed by atoms with Crippen LogP contribution in [0.3, 0.4) is 0 Å². The number of aromatic hydroxyl groups is 1. The highest BCUT2D eigenvalue weighted by Crippen LogP contribution is 2.49. The average molecular weight is 641 g/mol. The maximum Gasteiger partial charge on any atom is 0.319 e. The van der Waals surface area contributed by atoms with Gasteiger partial charge in [-0.1, -0.05) is 25.0 Å². The minimum atomic E-state index is -0.924. The number of terminal acetylenes is 1. The molecule has 0 bridgehead atoms. The molecule has 3 aliphatic heterocycles. The summed E-state index contributed by atoms with van der Waals surface area (Å²) in [5.74, 6) is 2.61. The second kappa shape index (κ2) is 11.2. The fraction of sp³-hybridized carbons (Fsp3) is 0.472. The number of nitrogen functional groups attached to an aromatic ring is 1. The van der Waals surface area contributed by atoms with Gasteiger partial charge in [0.1, 0.15) is 47.0 Å². The van der Waals surface area contributed by atoms with Crippen molar-refractivity contribution in [3.63, 3.8) is 0 Å². The van der Waals surface area contributed by atoms with Gasteiger partial charge in [0.05, 0.1) is 5.54 Å². The van der Waals surface area contributed by atoms with Gasteiger partial charge in [-0.2, -0.15) is 9.97 Å². The van der Waals surface area contributed by atoms with Crippen LogP contribution in [0.25, 0.3) is 32.9 Å². The van der Waals surface area contributed by atoms with E-state index in [9.17, 15) is 9.50 Å². The van der Waals surface area contributed by atoms with Gasteiger partial charge in [0, 0.05) is 47.5 Å². The van der Waals surface area contributed by atoms with Gasteiger partial charge in [0.15, 0.2) is 5.82 Å². The van der Waals surface area contributed by atoms with Crippen molar-refractivity contribution >= 4 is 27.5 Å². The number of piperidine rings is 1. The number of fused-ring (bicyclic) bond motifs is 4. The maximum absolute atomic E-state index is 16.9. The Kier molecular flexibility index (Phi) is 7.15. The van der Waals surface area contributed by atoms with Crippen molar-refractivity contribution in [2.45, 2.75) is 75.8 Å². The first-order chi connectivity index (χ1) is 22.7. The van der Waals surface area contributed by atoms with Crippen LogP contribution in [0, 0.1) is 30.0 Å². The molecule has 5 heterocycles. The SMILES string of the molecule is C#Cc1cccc2cc(O)cc(-c3nc(O[C@@H](C)[C@H]4C5C[C@@H]5N[C@H]4CC)c4c(N)nc(OC[C@@]56CCCN5C[C@H](F)C6)nc4c3F)c12. The lowest BCUT2D eigenvalue weighted by Gasteiger charge is -2.30. The Hall–Kier alpha value is -4.27. The van der Waals surface area contributed by atoms with E-state index in [1.807, 2.05) is 6.92 Å². The fourth-order valence-corrected chi connectivity index (χ4v) is 8.68. The Balaban J connectivity index is 1.27. The van der Waals surface area contributed by atoms with Gasteiger partial charge in [-0.15, -0.1) is 6.42 Å². The van der Waals surface area contributed by atoms with Gasteiger partial charge in [0.2, 0.25) is 5.88 Å². The summed E-state index contributed by atoms with van der Waals surface area (Å²) < 4.78 is 44.0. The lowest BCUT2D eigenvalue weighted by atomic mass is 9.90. The van der Waals surface area contributed by atoms with E-state index in [4.69, 9.17) is 26.6 Å². The van der Waals surface area contributed by atoms with Crippen LogP contribution < -0.4 is 20.5 Å². The van der Waals surface area contributed by atoms with Crippen LogP contribution in [-0.4, -0.2) is 74.6 Å². The van der Waals surface area contributed by atoms with Gasteiger partial charge in [0.25, 0.3) is 0 Å². The lowest BCUT2D eigenvalue weighted by Crippen LogP contribution is -2.43. The number of pyridine rings is 1. The zero-order valence-electron chi connectivity index (χ0n) is 26.5. The summed E-state index contributed by atoms with van der Waals surface area (Å²) in [4.78, 5) is 15.8. The van der Waals surface area contributed by atoms with Crippen molar-refractivity contribution in [1.82, 2.24) is 25.2 Å². The molecular weight excluding hydrogens is 602 g/mol. The number of nitrogens with one attached hydrogen (secondary N) is 1. The number of rotatable bonds is 8. The normalized spacial score (nSPS) is 28.7. The standard InChI is InChI=1S/C36H38F2N6O3/c1-4-19-8-6-9-20-12-22(45)13-24(28(19)20)31-30(38)32-29(34(41-31)47-18(3)27-23-14-26(23)40-25(27)5-2)33(39)43-35(42-32)46-17-36-10-7-11-44(36)16-21(37)15-36/h1,6,8-9,12-13,18,21,23,25-27,40,45H,5,7,10-11,14-17H2,2-3H3,(H2,39,42,43)/t18-,21+,23?,25-,26-,27-,36-/m0/s1. The molecule has 4 N–H and O–H groups in total. The van der Waals surface area contributed by atoms with Crippen molar-refractivity contribution in [3.8, 4) is 41.2 Å². The molecule has 4 aromatic rings. The number of nitrogens with two attached hydrogens (primary N) is 1. The van der Waals surface area contributed by atoms with Crippen molar-refractivity contribution in [3.05, 3.63) is 41.7 Å². The van der Waals surface area contributed by atoms with Crippen molar-refractivity contribution < 1.29 is 23.4 Å². The first-order valence-corrected chi connectivity index (χ1v) is 16.5. The van der Waals surface area contributed by atoms with E-state index in [-0.39, 0.29) is 64.7 Å². The molecule has 1 saturated carbocycles. The summed E-state index contributed by atoms with van der Waals surface area (Å²) in [5.41, 5.74) is 6.69. The molecule has 2 aromatic carbocycles. The molecule has 1 aliphatic carbocycles. The first-order valence-electron chi connectivity index (χ1n) is 16.5. The summed E-state index contributed by atoms with van der Waals surface area (Å²) >= 11 is 0. The molecule has 244 valence electrons. The highest BCUT2D eigenvalue weighted by Gasteiger charge is 2.55. The molecule has 0 amide bonds. The Labute approximate surface area is 271 Å². The van der Waals surface area contributed by atoms with Crippen LogP contribution in [0.2, 0.25) is 0 Å². The van der Waals surface area contributed by atoms with Crippen LogP contribution in [0.15, 0.2) is 30.3 Å². The van der Waals surface area contributed by atoms with Gasteiger partial charge < -0.3 is 25.6 Å². The largest absolute Gasteiger partial charge is 0.508 e. The molecule has 1 unspecified atom stereocenters. The number of hydrogen-bond acceptors (Lipinski definition) is 9. The highest BCUT2D eigenvalue weighted by molar-refractivity contribution is 6.03. The Bertz CT molecular complexity index is 1950. The predicted octanol–water partition coefficient (Wildman–Crippen LogP) is 5.36. The zero-order valence-corrected chi connectivity index (χ0v) is 26.5. The molecule has 9 nitrogen and oxygen atoms in total. The molecule has 11 heteroatoms. The molecular formula is C36H38F2N6O3. The fourth-order valence-electron chi connectivity index (χ4n) is 8.68. The second-order valence-corrected chi connectivity index (χ2v) is 13.7. The topological polar surface area (TPSA) is 119 Å². The van der Waals surface area contributed by atoms with E-state index < -0.39 is 17.5 Å². The minimum Gasteiger partial charge on any atom is -0.508 e. The van der Waals surface area contributed by atoms with Gasteiger partial charge >= 0.3 is 6.01 Å². The van der Waals surface area contributed by atoms with E-state index in [1.54, 1.807) is 24.3 Å². The van der Waals surface area contributed by atoms with Crippen LogP contribution >= 0.6 is 0 Å². The van der Waals surface area contributed by atoms with E-state index in [0.29, 0.717) is 46.8 Å². The molecule has 47 heavy (non-hydrogen) atoms. The maximum atomic E-state index is 16.9. The molecule has 3 saturated heterocycles. The summed E-state index contributed by atoms with van der Waals surface area (Å²) in [5, 5.41) is 15.7. The minimum absolute atomic E-state index is 0.0355. The van der Waals surface area contributed by atoms with E-state index in [0.717, 1.165) is 32.2 Å². The smallest absolute Gasteiger partial charge is 0.319 e. The van der Waals surface area contributed by atoms with Gasteiger partial charge in [-0.05, 0) is 68.7 Å². The summed E-state index contributed by atoms with van der Waals surface area (Å²) in [6.45, 7) is 5.51. The highest BCUT2D eigenvalue weighted by atomic mass is 19.1. The van der Waals surface area contributed by atoms with Crippen LogP contribution in [0.4, 0.5) is 14.6 Å². The van der Waals surface area contributed by atoms with E-state index in [1.165, 1.54) is 6.07 Å². The molecule has 4 fully saturated rings. The number of nitrogens with zero attached hydrogens (tertiary/aromatic N) is 4. The molecule has 7 atom stereocenters. The quantitative estimate of drug-likeness (QED) is 0.219. The number of benzene rings is 2. The third-order valence-electron chi connectivity index (χ3n) is 10.9. The number of phenols is 1. The zero-order chi connectivity index (χ0) is 32.6. The summed E-state index contributed by atoms with van der Waals surface area (Å²) in [7, 11) is 0. The Morgan fingerprint density at radius 1 is 1.26 bits per heavy atom. The van der Waals surface area contributed by atoms with Crippen LogP contribution in [0.5, 0.6) is 17.6 Å². The number of hydrogen-bond donors (Lipinski definition) is 3. The number of phenolic OH excluding ortho intramolecular Hbond substituents is 1. The van der Waals surface area contributed by atoms with E-state index in [2.05, 4.69) is 33.0 Å². The van der Waals surface area contributed by atoms with Crippen LogP contribution in [0.1, 0.15) is 51.5 Å². The van der Waals surface area contributed by atoms with E-state index >= 15 is 4.39 Å². The third kappa shape index (κ3) is 4.92. The molecule has 4 aliphatic rings. The summed E-state index contributed by atoms with van der Waals surface area (Å²) in [6, 6.07) is 9.02. The van der Waals surface area contributed by atoms with Gasteiger partial charge in [-0.25, -0.2) is 13.8 Å². The summed E-state index contributed by atoms with van der Waals surface area (Å²) in [6.07, 6.45) is 8.83. The lowest BCUT2D eigenvalue weighted by molar-refractivity contribution is 0.107. The molecule has 0 radical (unpaired) electrons. The second-order valence-electron chi connectivity index (χ2n) is 13.7. The van der Waals surface area contributed by atoms with Crippen LogP contribution in [-0.2, 0) is 0 Å². The Morgan fingerprint density at radius 2 is 2.11 bits per heavy atom. The van der Waals surface area contributed by atoms with Crippen molar-refractivity contribution in [2.24, 2.45) is 11.8 Å². The number of halogens is 2. The van der Waals surface area contributed by atoms with Crippen molar-refractivity contribution in [2.75, 3.05) is 25.4 Å². The molecule has 2 aromatic heterocycles. The predicted molar refractivity (Wildman–Crippen MR) is 175 cm³/mol. The third-order valence-corrected chi connectivity index (χ3v) is 10.9. The number of ether oxygens (including phenoxy) is 2. The number of aromatic nitrogens is 3. The average Bonchev–Trinajstić information content (AvgIpc) is 3.37. The molecule has 0 spiro atoms.